The summed E-state index contributed by atoms with van der Waals surface area (Å²) in [7, 11) is 3.29. The maximum atomic E-state index is 13.5. The Hall–Kier alpha value is -4.06. The predicted octanol–water partition coefficient (Wildman–Crippen LogP) is 5.15. The molecule has 166 valence electrons. The SMILES string of the molecule is COc1ccc(CN2C(=O)c3[nH]nc(-c4ccc(C)cc4)c3C2c2ccc(OC)cc2)cc1. The highest BCUT2D eigenvalue weighted by atomic mass is 16.5. The lowest BCUT2D eigenvalue weighted by Gasteiger charge is -2.26. The van der Waals surface area contributed by atoms with Gasteiger partial charge in [0.1, 0.15) is 17.2 Å². The molecule has 0 saturated carbocycles. The quantitative estimate of drug-likeness (QED) is 0.451. The van der Waals surface area contributed by atoms with E-state index in [-0.39, 0.29) is 11.9 Å². The highest BCUT2D eigenvalue weighted by molar-refractivity contribution is 6.00. The van der Waals surface area contributed by atoms with Gasteiger partial charge in [-0.3, -0.25) is 9.89 Å². The van der Waals surface area contributed by atoms with Crippen molar-refractivity contribution in [1.82, 2.24) is 15.1 Å². The van der Waals surface area contributed by atoms with E-state index < -0.39 is 0 Å². The van der Waals surface area contributed by atoms with Gasteiger partial charge in [-0.25, -0.2) is 0 Å². The molecule has 6 heteroatoms. The number of carbonyl (C=O) groups excluding carboxylic acids is 1. The number of nitrogens with zero attached hydrogens (tertiary/aromatic N) is 2. The maximum absolute atomic E-state index is 13.5. The first kappa shape index (κ1) is 20.8. The van der Waals surface area contributed by atoms with Crippen LogP contribution >= 0.6 is 0 Å². The molecule has 0 bridgehead atoms. The van der Waals surface area contributed by atoms with E-state index in [1.165, 1.54) is 5.56 Å². The monoisotopic (exact) mass is 439 g/mol. The number of hydrogen-bond acceptors (Lipinski definition) is 4. The largest absolute Gasteiger partial charge is 0.497 e. The minimum atomic E-state index is -0.268. The number of aromatic nitrogens is 2. The summed E-state index contributed by atoms with van der Waals surface area (Å²) in [6.45, 7) is 2.52. The average Bonchev–Trinajstić information content (AvgIpc) is 3.39. The van der Waals surface area contributed by atoms with E-state index in [2.05, 4.69) is 29.3 Å². The highest BCUT2D eigenvalue weighted by Gasteiger charge is 2.42. The van der Waals surface area contributed by atoms with Gasteiger partial charge in [-0.05, 0) is 42.3 Å². The fraction of sp³-hybridized carbons (Fsp3) is 0.185. The molecule has 5 rings (SSSR count). The molecule has 0 spiro atoms. The Morgan fingerprint density at radius 1 is 0.879 bits per heavy atom. The molecule has 1 aliphatic heterocycles. The van der Waals surface area contributed by atoms with Crippen LogP contribution in [0.5, 0.6) is 11.5 Å². The summed E-state index contributed by atoms with van der Waals surface area (Å²) in [6, 6.07) is 23.6. The summed E-state index contributed by atoms with van der Waals surface area (Å²) in [5.41, 5.74) is 6.44. The second kappa shape index (κ2) is 8.47. The van der Waals surface area contributed by atoms with Crippen LogP contribution in [-0.4, -0.2) is 35.2 Å². The number of amides is 1. The molecule has 0 fully saturated rings. The van der Waals surface area contributed by atoms with E-state index in [0.717, 1.165) is 39.4 Å². The van der Waals surface area contributed by atoms with E-state index in [1.807, 2.05) is 65.6 Å². The summed E-state index contributed by atoms with van der Waals surface area (Å²) in [4.78, 5) is 15.4. The van der Waals surface area contributed by atoms with Gasteiger partial charge in [0.05, 0.1) is 26.0 Å². The molecule has 1 amide bonds. The number of aromatic amines is 1. The number of carbonyl (C=O) groups is 1. The van der Waals surface area contributed by atoms with E-state index in [4.69, 9.17) is 9.47 Å². The fourth-order valence-electron chi connectivity index (χ4n) is 4.35. The highest BCUT2D eigenvalue weighted by Crippen LogP contribution is 2.43. The summed E-state index contributed by atoms with van der Waals surface area (Å²) >= 11 is 0. The van der Waals surface area contributed by atoms with Crippen LogP contribution in [0.1, 0.15) is 38.8 Å². The zero-order chi connectivity index (χ0) is 22.9. The minimum absolute atomic E-state index is 0.0625. The molecule has 1 unspecified atom stereocenters. The van der Waals surface area contributed by atoms with Crippen LogP contribution in [0.2, 0.25) is 0 Å². The molecule has 1 aromatic heterocycles. The number of rotatable bonds is 6. The number of aryl methyl sites for hydroxylation is 1. The average molecular weight is 440 g/mol. The third kappa shape index (κ3) is 3.74. The predicted molar refractivity (Wildman–Crippen MR) is 126 cm³/mol. The number of nitrogens with one attached hydrogen (secondary N) is 1. The Morgan fingerprint density at radius 2 is 1.48 bits per heavy atom. The lowest BCUT2D eigenvalue weighted by molar-refractivity contribution is 0.0730. The molecule has 0 radical (unpaired) electrons. The molecule has 0 aliphatic carbocycles. The molecule has 1 atom stereocenters. The van der Waals surface area contributed by atoms with Gasteiger partial charge in [-0.1, -0.05) is 54.1 Å². The molecule has 1 aliphatic rings. The van der Waals surface area contributed by atoms with Crippen LogP contribution in [-0.2, 0) is 6.54 Å². The molecule has 6 nitrogen and oxygen atoms in total. The number of benzene rings is 3. The topological polar surface area (TPSA) is 67.5 Å². The standard InChI is InChI=1S/C27H25N3O3/c1-17-4-8-19(9-5-17)24-23-25(29-28-24)27(31)30(16-18-6-12-21(32-2)13-7-18)26(23)20-10-14-22(33-3)15-11-20/h4-15,26H,16H2,1-3H3,(H,28,29). The number of hydrogen-bond donors (Lipinski definition) is 1. The molecular formula is C27H25N3O3. The lowest BCUT2D eigenvalue weighted by Crippen LogP contribution is -2.29. The minimum Gasteiger partial charge on any atom is -0.497 e. The Kier molecular flexibility index (Phi) is 5.34. The normalized spacial score (nSPS) is 14.9. The van der Waals surface area contributed by atoms with E-state index >= 15 is 0 Å². The summed E-state index contributed by atoms with van der Waals surface area (Å²) < 4.78 is 10.6. The van der Waals surface area contributed by atoms with Crippen LogP contribution in [0, 0.1) is 6.92 Å². The van der Waals surface area contributed by atoms with Crippen LogP contribution < -0.4 is 9.47 Å². The van der Waals surface area contributed by atoms with Gasteiger partial charge >= 0.3 is 0 Å². The third-order valence-electron chi connectivity index (χ3n) is 6.13. The van der Waals surface area contributed by atoms with Gasteiger partial charge in [0.2, 0.25) is 0 Å². The maximum Gasteiger partial charge on any atom is 0.273 e. The first-order valence-electron chi connectivity index (χ1n) is 10.8. The van der Waals surface area contributed by atoms with Gasteiger partial charge in [0, 0.05) is 17.7 Å². The Balaban J connectivity index is 1.60. The van der Waals surface area contributed by atoms with Gasteiger partial charge < -0.3 is 14.4 Å². The molecule has 2 heterocycles. The van der Waals surface area contributed by atoms with Crippen molar-refractivity contribution in [2.75, 3.05) is 14.2 Å². The molecule has 4 aromatic rings. The van der Waals surface area contributed by atoms with Crippen molar-refractivity contribution in [3.05, 3.63) is 101 Å². The Bertz CT molecular complexity index is 1280. The number of methoxy groups -OCH3 is 2. The number of H-pyrrole nitrogens is 1. The first-order valence-corrected chi connectivity index (χ1v) is 10.8. The Labute approximate surface area is 192 Å². The van der Waals surface area contributed by atoms with E-state index in [1.54, 1.807) is 14.2 Å². The van der Waals surface area contributed by atoms with Crippen molar-refractivity contribution in [2.24, 2.45) is 0 Å². The zero-order valence-corrected chi connectivity index (χ0v) is 18.8. The number of ether oxygens (including phenoxy) is 2. The molecule has 33 heavy (non-hydrogen) atoms. The van der Waals surface area contributed by atoms with Gasteiger partial charge in [-0.15, -0.1) is 0 Å². The fourth-order valence-corrected chi connectivity index (χ4v) is 4.35. The molecule has 0 saturated heterocycles. The van der Waals surface area contributed by atoms with Crippen LogP contribution in [0.25, 0.3) is 11.3 Å². The second-order valence-corrected chi connectivity index (χ2v) is 8.18. The number of fused-ring (bicyclic) bond motifs is 1. The van der Waals surface area contributed by atoms with Crippen molar-refractivity contribution < 1.29 is 14.3 Å². The Morgan fingerprint density at radius 3 is 2.09 bits per heavy atom. The van der Waals surface area contributed by atoms with Crippen molar-refractivity contribution in [3.8, 4) is 22.8 Å². The van der Waals surface area contributed by atoms with Crippen molar-refractivity contribution in [3.63, 3.8) is 0 Å². The summed E-state index contributed by atoms with van der Waals surface area (Å²) in [5.74, 6) is 1.50. The van der Waals surface area contributed by atoms with Crippen LogP contribution in [0.4, 0.5) is 0 Å². The third-order valence-corrected chi connectivity index (χ3v) is 6.13. The van der Waals surface area contributed by atoms with Gasteiger partial charge in [0.15, 0.2) is 0 Å². The molecular weight excluding hydrogens is 414 g/mol. The van der Waals surface area contributed by atoms with Gasteiger partial charge in [0.25, 0.3) is 5.91 Å². The zero-order valence-electron chi connectivity index (χ0n) is 18.8. The molecule has 1 N–H and O–H groups in total. The van der Waals surface area contributed by atoms with Crippen molar-refractivity contribution in [2.45, 2.75) is 19.5 Å². The van der Waals surface area contributed by atoms with Crippen molar-refractivity contribution in [1.29, 1.82) is 0 Å². The van der Waals surface area contributed by atoms with Crippen molar-refractivity contribution >= 4 is 5.91 Å². The van der Waals surface area contributed by atoms with E-state index in [0.29, 0.717) is 12.2 Å². The summed E-state index contributed by atoms with van der Waals surface area (Å²) in [5, 5.41) is 7.57. The summed E-state index contributed by atoms with van der Waals surface area (Å²) in [6.07, 6.45) is 0. The van der Waals surface area contributed by atoms with Gasteiger partial charge in [-0.2, -0.15) is 5.10 Å². The smallest absolute Gasteiger partial charge is 0.273 e. The molecule has 3 aromatic carbocycles. The lowest BCUT2D eigenvalue weighted by atomic mass is 9.95. The van der Waals surface area contributed by atoms with Crippen LogP contribution in [0.3, 0.4) is 0 Å². The second-order valence-electron chi connectivity index (χ2n) is 8.18. The first-order chi connectivity index (χ1) is 16.1. The van der Waals surface area contributed by atoms with E-state index in [9.17, 15) is 4.79 Å². The van der Waals surface area contributed by atoms with Crippen LogP contribution in [0.15, 0.2) is 72.8 Å².